The number of esters is 1. The number of carbonyl (C=O) groups is 4. The van der Waals surface area contributed by atoms with Crippen LogP contribution in [0.2, 0.25) is 5.02 Å². The number of hydrogen-bond donors (Lipinski definition) is 2. The van der Waals surface area contributed by atoms with Crippen molar-refractivity contribution < 1.29 is 28.7 Å². The summed E-state index contributed by atoms with van der Waals surface area (Å²) in [6.45, 7) is 0.515. The highest BCUT2D eigenvalue weighted by Gasteiger charge is 2.56. The largest absolute Gasteiger partial charge is 0.495 e. The minimum Gasteiger partial charge on any atom is -0.495 e. The van der Waals surface area contributed by atoms with Gasteiger partial charge in [0.15, 0.2) is 6.61 Å². The van der Waals surface area contributed by atoms with E-state index in [1.54, 1.807) is 19.1 Å². The lowest BCUT2D eigenvalue weighted by atomic mass is 9.96. The summed E-state index contributed by atoms with van der Waals surface area (Å²) in [5, 5.41) is 5.55. The first-order valence-electron chi connectivity index (χ1n) is 8.67. The average molecular weight is 410 g/mol. The van der Waals surface area contributed by atoms with Crippen LogP contribution in [0.25, 0.3) is 0 Å². The van der Waals surface area contributed by atoms with Crippen LogP contribution in [0, 0.1) is 5.92 Å². The molecule has 4 amide bonds. The lowest BCUT2D eigenvalue weighted by Gasteiger charge is -2.20. The average Bonchev–Trinajstić information content (AvgIpc) is 3.46. The molecule has 1 aliphatic carbocycles. The molecule has 0 radical (unpaired) electrons. The second-order valence-corrected chi connectivity index (χ2v) is 7.29. The van der Waals surface area contributed by atoms with E-state index in [-0.39, 0.29) is 5.92 Å². The molecular weight excluding hydrogens is 390 g/mol. The number of halogens is 1. The first kappa shape index (κ1) is 19.9. The summed E-state index contributed by atoms with van der Waals surface area (Å²) >= 11 is 5.89. The highest BCUT2D eigenvalue weighted by atomic mass is 35.5. The number of ether oxygens (including phenoxy) is 2. The number of nitrogens with one attached hydrogen (secondary N) is 2. The fraction of sp³-hybridized carbons (Fsp3) is 0.444. The summed E-state index contributed by atoms with van der Waals surface area (Å²) in [5.41, 5.74) is -0.650. The molecule has 9 nitrogen and oxygen atoms in total. The smallest absolute Gasteiger partial charge is 0.326 e. The number of amides is 4. The maximum absolute atomic E-state index is 12.5. The van der Waals surface area contributed by atoms with Gasteiger partial charge in [-0.2, -0.15) is 0 Å². The van der Waals surface area contributed by atoms with Gasteiger partial charge in [0.1, 0.15) is 17.8 Å². The third kappa shape index (κ3) is 4.04. The van der Waals surface area contributed by atoms with Crippen LogP contribution in [0.1, 0.15) is 19.8 Å². The molecule has 0 aromatic heterocycles. The van der Waals surface area contributed by atoms with Gasteiger partial charge in [-0.25, -0.2) is 4.79 Å². The summed E-state index contributed by atoms with van der Waals surface area (Å²) in [6.07, 6.45) is 1.71. The number of hydrogen-bond acceptors (Lipinski definition) is 6. The van der Waals surface area contributed by atoms with Gasteiger partial charge in [-0.1, -0.05) is 11.6 Å². The molecular formula is C18H20ClN3O6. The Bertz CT molecular complexity index is 841. The summed E-state index contributed by atoms with van der Waals surface area (Å²) in [4.78, 5) is 49.3. The van der Waals surface area contributed by atoms with Crippen molar-refractivity contribution >= 4 is 41.1 Å². The van der Waals surface area contributed by atoms with Crippen LogP contribution in [0.3, 0.4) is 0 Å². The van der Waals surface area contributed by atoms with Crippen LogP contribution in [-0.2, 0) is 19.1 Å². The van der Waals surface area contributed by atoms with Gasteiger partial charge >= 0.3 is 12.0 Å². The first-order chi connectivity index (χ1) is 13.2. The number of urea groups is 1. The quantitative estimate of drug-likeness (QED) is 0.521. The van der Waals surface area contributed by atoms with Crippen LogP contribution in [0.5, 0.6) is 5.75 Å². The summed E-state index contributed by atoms with van der Waals surface area (Å²) in [5.74, 6) is -1.46. The zero-order valence-electron chi connectivity index (χ0n) is 15.4. The molecule has 1 saturated heterocycles. The molecule has 0 spiro atoms. The normalized spacial score (nSPS) is 21.3. The van der Waals surface area contributed by atoms with Gasteiger partial charge in [0.25, 0.3) is 11.8 Å². The Hall–Kier alpha value is -2.81. The molecule has 2 N–H and O–H groups in total. The van der Waals surface area contributed by atoms with E-state index in [4.69, 9.17) is 21.1 Å². The van der Waals surface area contributed by atoms with Gasteiger partial charge in [0.2, 0.25) is 0 Å². The molecule has 0 unspecified atom stereocenters. The summed E-state index contributed by atoms with van der Waals surface area (Å²) in [6, 6.07) is 4.04. The van der Waals surface area contributed by atoms with E-state index in [1.165, 1.54) is 13.2 Å². The second-order valence-electron chi connectivity index (χ2n) is 6.85. The van der Waals surface area contributed by atoms with Crippen molar-refractivity contribution in [2.24, 2.45) is 5.92 Å². The van der Waals surface area contributed by atoms with Crippen LogP contribution < -0.4 is 15.4 Å². The number of benzene rings is 1. The Morgan fingerprint density at radius 3 is 2.71 bits per heavy atom. The lowest BCUT2D eigenvalue weighted by molar-refractivity contribution is -0.150. The molecule has 1 aliphatic heterocycles. The Morgan fingerprint density at radius 2 is 2.07 bits per heavy atom. The van der Waals surface area contributed by atoms with Crippen LogP contribution in [0.4, 0.5) is 10.5 Å². The zero-order valence-corrected chi connectivity index (χ0v) is 16.2. The van der Waals surface area contributed by atoms with Crippen molar-refractivity contribution in [1.82, 2.24) is 10.2 Å². The van der Waals surface area contributed by atoms with Crippen LogP contribution >= 0.6 is 11.6 Å². The Kier molecular flexibility index (Phi) is 5.46. The number of rotatable bonds is 7. The Balaban J connectivity index is 1.52. The van der Waals surface area contributed by atoms with Gasteiger partial charge in [-0.3, -0.25) is 19.3 Å². The summed E-state index contributed by atoms with van der Waals surface area (Å²) < 4.78 is 10.00. The minimum absolute atomic E-state index is 0.0865. The third-order valence-corrected chi connectivity index (χ3v) is 5.02. The van der Waals surface area contributed by atoms with E-state index in [0.717, 1.165) is 17.7 Å². The number of methoxy groups -OCH3 is 1. The SMILES string of the molecule is COc1ccc(Cl)cc1NC(=O)COC(=O)CN1C(=O)N[C@@](C)(C2CC2)C1=O. The standard InChI is InChI=1S/C18H20ClN3O6/c1-18(10-3-4-10)16(25)22(17(26)21-18)8-15(24)28-9-14(23)20-12-7-11(19)5-6-13(12)27-2/h5-7,10H,3-4,8-9H2,1-2H3,(H,20,23)(H,21,26)/t18-/m0/s1. The van der Waals surface area contributed by atoms with Crippen LogP contribution in [0.15, 0.2) is 18.2 Å². The number of anilines is 1. The Morgan fingerprint density at radius 1 is 1.36 bits per heavy atom. The number of imide groups is 1. The molecule has 28 heavy (non-hydrogen) atoms. The summed E-state index contributed by atoms with van der Waals surface area (Å²) in [7, 11) is 1.44. The predicted molar refractivity (Wildman–Crippen MR) is 99.0 cm³/mol. The van der Waals surface area contributed by atoms with Crippen molar-refractivity contribution in [3.05, 3.63) is 23.2 Å². The molecule has 1 saturated carbocycles. The fourth-order valence-corrected chi connectivity index (χ4v) is 3.25. The molecule has 10 heteroatoms. The molecule has 1 aromatic carbocycles. The van der Waals surface area contributed by atoms with Crippen molar-refractivity contribution in [2.45, 2.75) is 25.3 Å². The van der Waals surface area contributed by atoms with E-state index in [9.17, 15) is 19.2 Å². The molecule has 0 bridgehead atoms. The van der Waals surface area contributed by atoms with Gasteiger partial charge in [0, 0.05) is 5.02 Å². The van der Waals surface area contributed by atoms with Gasteiger partial charge in [-0.05, 0) is 43.9 Å². The van der Waals surface area contributed by atoms with Crippen molar-refractivity contribution in [3.8, 4) is 5.75 Å². The van der Waals surface area contributed by atoms with E-state index >= 15 is 0 Å². The molecule has 2 aliphatic rings. The van der Waals surface area contributed by atoms with Gasteiger partial charge < -0.3 is 20.1 Å². The topological polar surface area (TPSA) is 114 Å². The zero-order chi connectivity index (χ0) is 20.5. The van der Waals surface area contributed by atoms with Crippen molar-refractivity contribution in [2.75, 3.05) is 25.6 Å². The maximum atomic E-state index is 12.5. The molecule has 1 aromatic rings. The number of nitrogens with zero attached hydrogens (tertiary/aromatic N) is 1. The molecule has 150 valence electrons. The highest BCUT2D eigenvalue weighted by Crippen LogP contribution is 2.42. The van der Waals surface area contributed by atoms with Crippen molar-refractivity contribution in [1.29, 1.82) is 0 Å². The van der Waals surface area contributed by atoms with Gasteiger partial charge in [0.05, 0.1) is 12.8 Å². The second kappa shape index (κ2) is 7.67. The van der Waals surface area contributed by atoms with E-state index in [2.05, 4.69) is 10.6 Å². The lowest BCUT2D eigenvalue weighted by Crippen LogP contribution is -2.46. The Labute approximate surface area is 166 Å². The molecule has 2 fully saturated rings. The van der Waals surface area contributed by atoms with Gasteiger partial charge in [-0.15, -0.1) is 0 Å². The van der Waals surface area contributed by atoms with E-state index in [1.807, 2.05) is 0 Å². The number of carbonyl (C=O) groups excluding carboxylic acids is 4. The van der Waals surface area contributed by atoms with E-state index < -0.39 is 42.5 Å². The monoisotopic (exact) mass is 409 g/mol. The molecule has 3 rings (SSSR count). The first-order valence-corrected chi connectivity index (χ1v) is 9.05. The van der Waals surface area contributed by atoms with E-state index in [0.29, 0.717) is 16.5 Å². The molecule has 1 atom stereocenters. The highest BCUT2D eigenvalue weighted by molar-refractivity contribution is 6.31. The molecule has 1 heterocycles. The predicted octanol–water partition coefficient (Wildman–Crippen LogP) is 1.55. The van der Waals surface area contributed by atoms with Crippen molar-refractivity contribution in [3.63, 3.8) is 0 Å². The van der Waals surface area contributed by atoms with Crippen LogP contribution in [-0.4, -0.2) is 54.5 Å². The fourth-order valence-electron chi connectivity index (χ4n) is 3.08. The maximum Gasteiger partial charge on any atom is 0.326 e. The third-order valence-electron chi connectivity index (χ3n) is 4.78. The minimum atomic E-state index is -0.974.